The second-order valence-electron chi connectivity index (χ2n) is 2.69. The Labute approximate surface area is 80.4 Å². The minimum absolute atomic E-state index is 0.0650. The Morgan fingerprint density at radius 2 is 2.07 bits per heavy atom. The molecule has 7 nitrogen and oxygen atoms in total. The van der Waals surface area contributed by atoms with Gasteiger partial charge in [0.05, 0.1) is 18.5 Å². The van der Waals surface area contributed by atoms with Crippen LogP contribution in [0.2, 0.25) is 0 Å². The summed E-state index contributed by atoms with van der Waals surface area (Å²) >= 11 is 0. The lowest BCUT2D eigenvalue weighted by Crippen LogP contribution is -2.49. The van der Waals surface area contributed by atoms with Crippen LogP contribution in [0.5, 0.6) is 0 Å². The van der Waals surface area contributed by atoms with Gasteiger partial charge in [0.25, 0.3) is 0 Å². The molecule has 0 bridgehead atoms. The normalized spacial score (nSPS) is 14.1. The van der Waals surface area contributed by atoms with Crippen molar-refractivity contribution in [2.75, 3.05) is 6.54 Å². The van der Waals surface area contributed by atoms with Crippen molar-refractivity contribution in [3.63, 3.8) is 0 Å². The fourth-order valence-electron chi connectivity index (χ4n) is 0.718. The summed E-state index contributed by atoms with van der Waals surface area (Å²) in [6.45, 7) is -0.0650. The second kappa shape index (κ2) is 6.06. The van der Waals surface area contributed by atoms with E-state index in [1.54, 1.807) is 0 Å². The number of hydrogen-bond acceptors (Lipinski definition) is 5. The lowest BCUT2D eigenvalue weighted by molar-refractivity contribution is -0.138. The van der Waals surface area contributed by atoms with Crippen LogP contribution in [-0.4, -0.2) is 41.9 Å². The Kier molecular flexibility index (Phi) is 5.42. The van der Waals surface area contributed by atoms with E-state index in [0.717, 1.165) is 0 Å². The minimum atomic E-state index is -1.18. The topological polar surface area (TPSA) is 136 Å². The fourth-order valence-corrected chi connectivity index (χ4v) is 0.718. The summed E-state index contributed by atoms with van der Waals surface area (Å²) in [4.78, 5) is 31.6. The molecule has 80 valence electrons. The first-order chi connectivity index (χ1) is 6.51. The van der Waals surface area contributed by atoms with Crippen LogP contribution in [-0.2, 0) is 14.4 Å². The summed E-state index contributed by atoms with van der Waals surface area (Å²) in [6.07, 6.45) is -0.123. The van der Waals surface area contributed by atoms with Crippen LogP contribution >= 0.6 is 0 Å². The van der Waals surface area contributed by atoms with Gasteiger partial charge >= 0.3 is 5.97 Å². The zero-order valence-corrected chi connectivity index (χ0v) is 7.47. The highest BCUT2D eigenvalue weighted by atomic mass is 16.4. The van der Waals surface area contributed by atoms with Gasteiger partial charge in [0.15, 0.2) is 0 Å². The third-order valence-electron chi connectivity index (χ3n) is 1.48. The average molecular weight is 203 g/mol. The van der Waals surface area contributed by atoms with E-state index in [0.29, 0.717) is 6.29 Å². The Hall–Kier alpha value is -1.47. The SMILES string of the molecule is NC[C@@H](N)C(=O)N[C@@H](C=O)CC(=O)O. The van der Waals surface area contributed by atoms with Crippen LogP contribution < -0.4 is 16.8 Å². The smallest absolute Gasteiger partial charge is 0.305 e. The fraction of sp³-hybridized carbons (Fsp3) is 0.571. The Morgan fingerprint density at radius 1 is 1.50 bits per heavy atom. The van der Waals surface area contributed by atoms with Gasteiger partial charge in [-0.1, -0.05) is 0 Å². The summed E-state index contributed by atoms with van der Waals surface area (Å²) in [5.41, 5.74) is 10.4. The second-order valence-corrected chi connectivity index (χ2v) is 2.69. The summed E-state index contributed by atoms with van der Waals surface area (Å²) in [6, 6.07) is -1.98. The number of carbonyl (C=O) groups excluding carboxylic acids is 2. The van der Waals surface area contributed by atoms with E-state index < -0.39 is 30.4 Å². The first-order valence-electron chi connectivity index (χ1n) is 3.94. The largest absolute Gasteiger partial charge is 0.481 e. The molecule has 1 amide bonds. The predicted molar refractivity (Wildman–Crippen MR) is 47.3 cm³/mol. The van der Waals surface area contributed by atoms with E-state index >= 15 is 0 Å². The van der Waals surface area contributed by atoms with Gasteiger partial charge in [0, 0.05) is 6.54 Å². The molecule has 0 aliphatic heterocycles. The molecular weight excluding hydrogens is 190 g/mol. The van der Waals surface area contributed by atoms with Crippen LogP contribution in [0.3, 0.4) is 0 Å². The Balaban J connectivity index is 4.11. The summed E-state index contributed by atoms with van der Waals surface area (Å²) in [7, 11) is 0. The zero-order valence-electron chi connectivity index (χ0n) is 7.47. The Bertz CT molecular complexity index is 231. The molecule has 0 radical (unpaired) electrons. The number of carboxylic acids is 1. The lowest BCUT2D eigenvalue weighted by atomic mass is 10.2. The molecule has 0 rings (SSSR count). The van der Waals surface area contributed by atoms with Crippen LogP contribution in [0.4, 0.5) is 0 Å². The molecular formula is C7H13N3O4. The van der Waals surface area contributed by atoms with Crippen LogP contribution in [0.15, 0.2) is 0 Å². The van der Waals surface area contributed by atoms with Gasteiger partial charge in [-0.2, -0.15) is 0 Å². The third kappa shape index (κ3) is 4.53. The van der Waals surface area contributed by atoms with Crippen molar-refractivity contribution in [3.8, 4) is 0 Å². The number of amides is 1. The van der Waals surface area contributed by atoms with Gasteiger partial charge in [-0.25, -0.2) is 0 Å². The Morgan fingerprint density at radius 3 is 2.43 bits per heavy atom. The molecule has 0 aromatic carbocycles. The van der Waals surface area contributed by atoms with Crippen molar-refractivity contribution in [1.29, 1.82) is 0 Å². The van der Waals surface area contributed by atoms with Crippen molar-refractivity contribution in [2.24, 2.45) is 11.5 Å². The molecule has 0 unspecified atom stereocenters. The molecule has 0 spiro atoms. The van der Waals surface area contributed by atoms with Crippen molar-refractivity contribution in [1.82, 2.24) is 5.32 Å². The highest BCUT2D eigenvalue weighted by Crippen LogP contribution is 1.89. The van der Waals surface area contributed by atoms with E-state index in [4.69, 9.17) is 16.6 Å². The number of carbonyl (C=O) groups is 3. The molecule has 0 aromatic heterocycles. The first-order valence-corrected chi connectivity index (χ1v) is 3.94. The maximum atomic E-state index is 11.1. The van der Waals surface area contributed by atoms with Crippen molar-refractivity contribution in [2.45, 2.75) is 18.5 Å². The number of hydrogen-bond donors (Lipinski definition) is 4. The molecule has 0 fully saturated rings. The maximum absolute atomic E-state index is 11.1. The number of carboxylic acid groups (broad SMARTS) is 1. The van der Waals surface area contributed by atoms with Gasteiger partial charge in [0.2, 0.25) is 5.91 Å². The number of rotatable bonds is 6. The molecule has 6 N–H and O–H groups in total. The quantitative estimate of drug-likeness (QED) is 0.350. The highest BCUT2D eigenvalue weighted by molar-refractivity contribution is 5.85. The predicted octanol–water partition coefficient (Wildman–Crippen LogP) is -2.57. The van der Waals surface area contributed by atoms with Crippen molar-refractivity contribution >= 4 is 18.2 Å². The first kappa shape index (κ1) is 12.5. The molecule has 0 aliphatic rings. The number of aliphatic carboxylic acids is 1. The molecule has 2 atom stereocenters. The van der Waals surface area contributed by atoms with Crippen LogP contribution in [0.1, 0.15) is 6.42 Å². The molecule has 0 saturated carbocycles. The number of nitrogens with two attached hydrogens (primary N) is 2. The zero-order chi connectivity index (χ0) is 11.1. The van der Waals surface area contributed by atoms with E-state index in [-0.39, 0.29) is 6.54 Å². The molecule has 0 saturated heterocycles. The summed E-state index contributed by atoms with van der Waals surface area (Å²) in [5, 5.41) is 10.5. The van der Waals surface area contributed by atoms with Gasteiger partial charge in [-0.3, -0.25) is 9.59 Å². The van der Waals surface area contributed by atoms with Crippen molar-refractivity contribution in [3.05, 3.63) is 0 Å². The van der Waals surface area contributed by atoms with Crippen LogP contribution in [0.25, 0.3) is 0 Å². The van der Waals surface area contributed by atoms with E-state index in [1.807, 2.05) is 0 Å². The maximum Gasteiger partial charge on any atom is 0.305 e. The van der Waals surface area contributed by atoms with Gasteiger partial charge in [-0.05, 0) is 0 Å². The molecule has 0 aromatic rings. The molecule has 0 heterocycles. The third-order valence-corrected chi connectivity index (χ3v) is 1.48. The van der Waals surface area contributed by atoms with Gasteiger partial charge < -0.3 is 26.7 Å². The highest BCUT2D eigenvalue weighted by Gasteiger charge is 2.18. The average Bonchev–Trinajstić information content (AvgIpc) is 2.14. The van der Waals surface area contributed by atoms with E-state index in [2.05, 4.69) is 5.32 Å². The number of aldehydes is 1. The minimum Gasteiger partial charge on any atom is -0.481 e. The van der Waals surface area contributed by atoms with E-state index in [9.17, 15) is 14.4 Å². The lowest BCUT2D eigenvalue weighted by Gasteiger charge is -2.13. The van der Waals surface area contributed by atoms with Crippen LogP contribution in [0, 0.1) is 0 Å². The van der Waals surface area contributed by atoms with Crippen molar-refractivity contribution < 1.29 is 19.5 Å². The molecule has 0 aliphatic carbocycles. The van der Waals surface area contributed by atoms with Gasteiger partial charge in [0.1, 0.15) is 6.29 Å². The summed E-state index contributed by atoms with van der Waals surface area (Å²) in [5.74, 6) is -1.81. The van der Waals surface area contributed by atoms with Gasteiger partial charge in [-0.15, -0.1) is 0 Å². The standard InChI is InChI=1S/C7H13N3O4/c8-2-5(9)7(14)10-4(3-11)1-6(12)13/h3-5H,1-2,8-9H2,(H,10,14)(H,12,13)/t4-,5-/m1/s1. The number of nitrogens with one attached hydrogen (secondary N) is 1. The molecule has 7 heteroatoms. The monoisotopic (exact) mass is 203 g/mol. The van der Waals surface area contributed by atoms with E-state index in [1.165, 1.54) is 0 Å². The molecule has 14 heavy (non-hydrogen) atoms. The summed E-state index contributed by atoms with van der Waals surface area (Å²) < 4.78 is 0.